The summed E-state index contributed by atoms with van der Waals surface area (Å²) in [6.07, 6.45) is 2.54. The van der Waals surface area contributed by atoms with Crippen molar-refractivity contribution in [3.05, 3.63) is 47.4 Å². The summed E-state index contributed by atoms with van der Waals surface area (Å²) in [5.41, 5.74) is 2.16. The Hall–Kier alpha value is -1.61. The Kier molecular flexibility index (Phi) is 4.38. The zero-order chi connectivity index (χ0) is 13.8. The molecule has 0 amide bonds. The molecule has 102 valence electrons. The lowest BCUT2D eigenvalue weighted by atomic mass is 10.1. The van der Waals surface area contributed by atoms with Crippen molar-refractivity contribution in [1.29, 1.82) is 0 Å². The average Bonchev–Trinajstić information content (AvgIpc) is 2.81. The van der Waals surface area contributed by atoms with Gasteiger partial charge in [-0.15, -0.1) is 0 Å². The lowest BCUT2D eigenvalue weighted by Gasteiger charge is -2.21. The average molecular weight is 279 g/mol. The third kappa shape index (κ3) is 3.67. The summed E-state index contributed by atoms with van der Waals surface area (Å²) in [4.78, 5) is 2.07. The van der Waals surface area contributed by atoms with Crippen molar-refractivity contribution < 1.29 is 4.42 Å². The summed E-state index contributed by atoms with van der Waals surface area (Å²) in [5, 5.41) is 4.22. The van der Waals surface area contributed by atoms with Gasteiger partial charge in [0.25, 0.3) is 0 Å². The first-order chi connectivity index (χ1) is 9.06. The molecule has 0 aliphatic rings. The van der Waals surface area contributed by atoms with E-state index in [1.165, 1.54) is 0 Å². The Bertz CT molecular complexity index is 523. The third-order valence-corrected chi connectivity index (χ3v) is 3.16. The van der Waals surface area contributed by atoms with Gasteiger partial charge < -0.3 is 14.6 Å². The number of hydrogen-bond acceptors (Lipinski definition) is 3. The van der Waals surface area contributed by atoms with Crippen molar-refractivity contribution in [2.24, 2.45) is 0 Å². The van der Waals surface area contributed by atoms with Crippen LogP contribution in [0.4, 0.5) is 11.4 Å². The van der Waals surface area contributed by atoms with E-state index in [1.54, 1.807) is 6.26 Å². The summed E-state index contributed by atoms with van der Waals surface area (Å²) in [6.45, 7) is 2.13. The maximum absolute atomic E-state index is 6.07. The van der Waals surface area contributed by atoms with Crippen LogP contribution in [0.5, 0.6) is 0 Å². The minimum atomic E-state index is 0.267. The molecule has 1 atom stereocenters. The fourth-order valence-electron chi connectivity index (χ4n) is 2.06. The van der Waals surface area contributed by atoms with Crippen LogP contribution in [0.15, 0.2) is 41.0 Å². The number of halogens is 1. The van der Waals surface area contributed by atoms with Crippen molar-refractivity contribution >= 4 is 23.0 Å². The topological polar surface area (TPSA) is 28.4 Å². The number of nitrogens with zero attached hydrogens (tertiary/aromatic N) is 1. The highest BCUT2D eigenvalue weighted by Gasteiger charge is 2.10. The molecule has 0 aliphatic carbocycles. The molecule has 0 saturated carbocycles. The van der Waals surface area contributed by atoms with Gasteiger partial charge in [-0.3, -0.25) is 0 Å². The number of hydrogen-bond donors (Lipinski definition) is 1. The van der Waals surface area contributed by atoms with Crippen LogP contribution in [0.25, 0.3) is 0 Å². The van der Waals surface area contributed by atoms with Crippen LogP contribution in [0.1, 0.15) is 12.7 Å². The first-order valence-corrected chi connectivity index (χ1v) is 6.70. The number of benzene rings is 1. The summed E-state index contributed by atoms with van der Waals surface area (Å²) in [7, 11) is 4.04. The van der Waals surface area contributed by atoms with Crippen molar-refractivity contribution in [3.63, 3.8) is 0 Å². The minimum absolute atomic E-state index is 0.267. The molecule has 0 radical (unpaired) electrons. The molecule has 2 aromatic rings. The summed E-state index contributed by atoms with van der Waals surface area (Å²) in [5.74, 6) is 0.980. The van der Waals surface area contributed by atoms with Crippen LogP contribution in [0, 0.1) is 0 Å². The van der Waals surface area contributed by atoms with Crippen LogP contribution >= 0.6 is 11.6 Å². The van der Waals surface area contributed by atoms with Crippen molar-refractivity contribution in [3.8, 4) is 0 Å². The smallest absolute Gasteiger partial charge is 0.105 e. The molecule has 0 bridgehead atoms. The highest BCUT2D eigenvalue weighted by molar-refractivity contribution is 6.31. The second kappa shape index (κ2) is 6.02. The van der Waals surface area contributed by atoms with Gasteiger partial charge in [-0.2, -0.15) is 0 Å². The van der Waals surface area contributed by atoms with Gasteiger partial charge in [-0.25, -0.2) is 0 Å². The quantitative estimate of drug-likeness (QED) is 0.895. The first-order valence-electron chi connectivity index (χ1n) is 6.32. The van der Waals surface area contributed by atoms with Crippen LogP contribution in [0.3, 0.4) is 0 Å². The van der Waals surface area contributed by atoms with Gasteiger partial charge in [0.05, 0.1) is 17.6 Å². The molecule has 0 spiro atoms. The van der Waals surface area contributed by atoms with E-state index in [0.717, 1.165) is 28.6 Å². The fourth-order valence-corrected chi connectivity index (χ4v) is 2.23. The van der Waals surface area contributed by atoms with Crippen LogP contribution in [-0.4, -0.2) is 20.1 Å². The van der Waals surface area contributed by atoms with Gasteiger partial charge >= 0.3 is 0 Å². The zero-order valence-corrected chi connectivity index (χ0v) is 12.2. The van der Waals surface area contributed by atoms with Gasteiger partial charge in [0.1, 0.15) is 5.76 Å². The maximum atomic E-state index is 6.07. The van der Waals surface area contributed by atoms with Crippen LogP contribution < -0.4 is 10.2 Å². The highest BCUT2D eigenvalue weighted by Crippen LogP contribution is 2.28. The van der Waals surface area contributed by atoms with Crippen molar-refractivity contribution in [2.45, 2.75) is 19.4 Å². The molecule has 1 N–H and O–H groups in total. The molecular weight excluding hydrogens is 260 g/mol. The van der Waals surface area contributed by atoms with E-state index in [9.17, 15) is 0 Å². The van der Waals surface area contributed by atoms with Gasteiger partial charge in [-0.1, -0.05) is 11.6 Å². The van der Waals surface area contributed by atoms with E-state index in [0.29, 0.717) is 0 Å². The predicted octanol–water partition coefficient (Wildman–Crippen LogP) is 4.04. The van der Waals surface area contributed by atoms with Crippen LogP contribution in [0.2, 0.25) is 5.02 Å². The Labute approximate surface area is 119 Å². The predicted molar refractivity (Wildman–Crippen MR) is 81.3 cm³/mol. The molecule has 4 heteroatoms. The van der Waals surface area contributed by atoms with E-state index < -0.39 is 0 Å². The van der Waals surface area contributed by atoms with E-state index in [-0.39, 0.29) is 6.04 Å². The number of nitrogens with one attached hydrogen (secondary N) is 1. The van der Waals surface area contributed by atoms with Gasteiger partial charge in [0.2, 0.25) is 0 Å². The Balaban J connectivity index is 2.11. The molecule has 3 nitrogen and oxygen atoms in total. The van der Waals surface area contributed by atoms with E-state index in [4.69, 9.17) is 16.0 Å². The molecule has 1 aromatic heterocycles. The standard InChI is InChI=1S/C15H19ClN2O/c1-11(9-13-5-4-8-19-13)17-14-10-12(16)6-7-15(14)18(2)3/h4-8,10-11,17H,9H2,1-3H3. The second-order valence-corrected chi connectivity index (χ2v) is 5.32. The maximum Gasteiger partial charge on any atom is 0.105 e. The van der Waals surface area contributed by atoms with Crippen molar-refractivity contribution in [2.75, 3.05) is 24.3 Å². The normalized spacial score (nSPS) is 12.2. The molecule has 1 aromatic carbocycles. The lowest BCUT2D eigenvalue weighted by molar-refractivity contribution is 0.498. The number of anilines is 2. The van der Waals surface area contributed by atoms with E-state index in [2.05, 4.69) is 17.1 Å². The minimum Gasteiger partial charge on any atom is -0.469 e. The molecule has 0 aliphatic heterocycles. The Morgan fingerprint density at radius 1 is 1.32 bits per heavy atom. The molecule has 1 unspecified atom stereocenters. The number of rotatable bonds is 5. The summed E-state index contributed by atoms with van der Waals surface area (Å²) in [6, 6.07) is 10.0. The molecular formula is C15H19ClN2O. The zero-order valence-electron chi connectivity index (χ0n) is 11.5. The van der Waals surface area contributed by atoms with Gasteiger partial charge in [0, 0.05) is 31.6 Å². The van der Waals surface area contributed by atoms with Crippen LogP contribution in [-0.2, 0) is 6.42 Å². The largest absolute Gasteiger partial charge is 0.469 e. The Morgan fingerprint density at radius 3 is 2.74 bits per heavy atom. The molecule has 0 fully saturated rings. The Morgan fingerprint density at radius 2 is 2.11 bits per heavy atom. The summed E-state index contributed by atoms with van der Waals surface area (Å²) >= 11 is 6.07. The third-order valence-electron chi connectivity index (χ3n) is 2.93. The number of furan rings is 1. The van der Waals surface area contributed by atoms with Gasteiger partial charge in [-0.05, 0) is 37.3 Å². The molecule has 0 saturated heterocycles. The van der Waals surface area contributed by atoms with Crippen molar-refractivity contribution in [1.82, 2.24) is 0 Å². The van der Waals surface area contributed by atoms with E-state index in [1.807, 2.05) is 44.4 Å². The fraction of sp³-hybridized carbons (Fsp3) is 0.333. The van der Waals surface area contributed by atoms with Gasteiger partial charge in [0.15, 0.2) is 0 Å². The monoisotopic (exact) mass is 278 g/mol. The van der Waals surface area contributed by atoms with E-state index >= 15 is 0 Å². The highest BCUT2D eigenvalue weighted by atomic mass is 35.5. The lowest BCUT2D eigenvalue weighted by Crippen LogP contribution is -2.20. The first kappa shape index (κ1) is 13.8. The summed E-state index contributed by atoms with van der Waals surface area (Å²) < 4.78 is 5.37. The SMILES string of the molecule is CC(Cc1ccco1)Nc1cc(Cl)ccc1N(C)C. The molecule has 19 heavy (non-hydrogen) atoms. The second-order valence-electron chi connectivity index (χ2n) is 4.88. The molecule has 1 heterocycles. The molecule has 2 rings (SSSR count).